The molecule has 1 unspecified atom stereocenters. The van der Waals surface area contributed by atoms with Gasteiger partial charge in [-0.15, -0.1) is 0 Å². The lowest BCUT2D eigenvalue weighted by Gasteiger charge is -2.22. The molecule has 2 N–H and O–H groups in total. The number of aliphatic carboxylic acids is 1. The molecule has 1 saturated heterocycles. The van der Waals surface area contributed by atoms with Crippen molar-refractivity contribution in [3.63, 3.8) is 0 Å². The summed E-state index contributed by atoms with van der Waals surface area (Å²) in [5.41, 5.74) is -0.640. The molecule has 6 heteroatoms. The Morgan fingerprint density at radius 1 is 1.40 bits per heavy atom. The van der Waals surface area contributed by atoms with Gasteiger partial charge in [0, 0.05) is 24.1 Å². The summed E-state index contributed by atoms with van der Waals surface area (Å²) < 4.78 is 5.06. The molecule has 0 bridgehead atoms. The predicted molar refractivity (Wildman–Crippen MR) is 74.4 cm³/mol. The topological polar surface area (TPSA) is 75.6 Å². The van der Waals surface area contributed by atoms with E-state index in [0.29, 0.717) is 17.2 Å². The van der Waals surface area contributed by atoms with Crippen LogP contribution >= 0.6 is 11.6 Å². The van der Waals surface area contributed by atoms with Gasteiger partial charge >= 0.3 is 5.97 Å². The Morgan fingerprint density at radius 2 is 2.15 bits per heavy atom. The molecule has 1 amide bonds. The predicted octanol–water partition coefficient (Wildman–Crippen LogP) is 1.71. The van der Waals surface area contributed by atoms with Crippen molar-refractivity contribution in [3.05, 3.63) is 40.9 Å². The standard InChI is InChI=1S/C14H14ClNO4/c15-11-4-2-1-3-10(11)5-6-12(17)16-14(13(18)19)7-8-20-9-14/h1-6H,7-9H2,(H,16,17)(H,18,19). The van der Waals surface area contributed by atoms with E-state index in [4.69, 9.17) is 16.3 Å². The number of benzene rings is 1. The molecule has 1 aliphatic heterocycles. The van der Waals surface area contributed by atoms with Crippen LogP contribution in [-0.4, -0.2) is 35.7 Å². The molecule has 1 aromatic carbocycles. The first kappa shape index (κ1) is 14.6. The number of nitrogens with one attached hydrogen (secondary N) is 1. The third-order valence-corrected chi connectivity index (χ3v) is 3.46. The molecule has 1 fully saturated rings. The zero-order valence-electron chi connectivity index (χ0n) is 10.6. The molecule has 106 valence electrons. The summed E-state index contributed by atoms with van der Waals surface area (Å²) in [5, 5.41) is 12.2. The van der Waals surface area contributed by atoms with Gasteiger partial charge in [-0.2, -0.15) is 0 Å². The largest absolute Gasteiger partial charge is 0.479 e. The summed E-state index contributed by atoms with van der Waals surface area (Å²) in [7, 11) is 0. The van der Waals surface area contributed by atoms with Crippen molar-refractivity contribution >= 4 is 29.6 Å². The Hall–Kier alpha value is -1.85. The monoisotopic (exact) mass is 295 g/mol. The number of ether oxygens (including phenoxy) is 1. The van der Waals surface area contributed by atoms with Gasteiger partial charge in [0.15, 0.2) is 5.54 Å². The molecule has 0 radical (unpaired) electrons. The first-order valence-corrected chi connectivity index (χ1v) is 6.47. The van der Waals surface area contributed by atoms with E-state index in [1.807, 2.05) is 0 Å². The van der Waals surface area contributed by atoms with Crippen LogP contribution in [0.1, 0.15) is 12.0 Å². The highest BCUT2D eigenvalue weighted by atomic mass is 35.5. The number of carbonyl (C=O) groups excluding carboxylic acids is 1. The second-order valence-electron chi connectivity index (χ2n) is 4.53. The van der Waals surface area contributed by atoms with E-state index < -0.39 is 17.4 Å². The summed E-state index contributed by atoms with van der Waals surface area (Å²) in [4.78, 5) is 23.1. The van der Waals surface area contributed by atoms with Crippen LogP contribution in [0.15, 0.2) is 30.3 Å². The van der Waals surface area contributed by atoms with Gasteiger partial charge in [-0.25, -0.2) is 4.79 Å². The summed E-state index contributed by atoms with van der Waals surface area (Å²) >= 11 is 5.96. The van der Waals surface area contributed by atoms with E-state index in [1.165, 1.54) is 6.08 Å². The number of hydrogen-bond acceptors (Lipinski definition) is 3. The van der Waals surface area contributed by atoms with Crippen molar-refractivity contribution in [2.45, 2.75) is 12.0 Å². The normalized spacial score (nSPS) is 22.1. The molecule has 0 spiro atoms. The zero-order valence-corrected chi connectivity index (χ0v) is 11.4. The lowest BCUT2D eigenvalue weighted by Crippen LogP contribution is -2.54. The molecular formula is C14H14ClNO4. The lowest BCUT2D eigenvalue weighted by molar-refractivity contribution is -0.147. The smallest absolute Gasteiger partial charge is 0.331 e. The van der Waals surface area contributed by atoms with E-state index >= 15 is 0 Å². The fourth-order valence-electron chi connectivity index (χ4n) is 1.94. The van der Waals surface area contributed by atoms with Gasteiger partial charge in [-0.3, -0.25) is 4.79 Å². The van der Waals surface area contributed by atoms with E-state index in [2.05, 4.69) is 5.32 Å². The van der Waals surface area contributed by atoms with Crippen molar-refractivity contribution in [1.29, 1.82) is 0 Å². The van der Waals surface area contributed by atoms with Gasteiger partial charge in [0.2, 0.25) is 5.91 Å². The molecule has 1 aliphatic rings. The van der Waals surface area contributed by atoms with Crippen LogP contribution in [0, 0.1) is 0 Å². The van der Waals surface area contributed by atoms with Crippen LogP contribution in [0.2, 0.25) is 5.02 Å². The maximum Gasteiger partial charge on any atom is 0.331 e. The average molecular weight is 296 g/mol. The zero-order chi connectivity index (χ0) is 14.6. The van der Waals surface area contributed by atoms with Crippen molar-refractivity contribution in [2.24, 2.45) is 0 Å². The Bertz CT molecular complexity index is 550. The highest BCUT2D eigenvalue weighted by Crippen LogP contribution is 2.19. The minimum Gasteiger partial charge on any atom is -0.479 e. The number of hydrogen-bond donors (Lipinski definition) is 2. The highest BCUT2D eigenvalue weighted by Gasteiger charge is 2.43. The Labute approximate surface area is 121 Å². The van der Waals surface area contributed by atoms with Gasteiger partial charge in [0.05, 0.1) is 6.61 Å². The second kappa shape index (κ2) is 6.07. The maximum atomic E-state index is 11.8. The van der Waals surface area contributed by atoms with E-state index in [9.17, 15) is 14.7 Å². The number of rotatable bonds is 4. The fraction of sp³-hybridized carbons (Fsp3) is 0.286. The van der Waals surface area contributed by atoms with Crippen molar-refractivity contribution in [2.75, 3.05) is 13.2 Å². The summed E-state index contributed by atoms with van der Waals surface area (Å²) in [5.74, 6) is -1.58. The van der Waals surface area contributed by atoms with Gasteiger partial charge in [0.1, 0.15) is 0 Å². The van der Waals surface area contributed by atoms with Crippen LogP contribution in [0.3, 0.4) is 0 Å². The number of amides is 1. The van der Waals surface area contributed by atoms with Gasteiger partial charge in [-0.1, -0.05) is 29.8 Å². The molecule has 0 saturated carbocycles. The molecule has 2 rings (SSSR count). The number of carboxylic acids is 1. The summed E-state index contributed by atoms with van der Waals surface area (Å²) in [6, 6.07) is 7.06. The quantitative estimate of drug-likeness (QED) is 0.829. The van der Waals surface area contributed by atoms with Crippen molar-refractivity contribution in [3.8, 4) is 0 Å². The number of halogens is 1. The third kappa shape index (κ3) is 3.18. The first-order chi connectivity index (χ1) is 9.53. The van der Waals surface area contributed by atoms with Crippen LogP contribution in [-0.2, 0) is 14.3 Å². The summed E-state index contributed by atoms with van der Waals surface area (Å²) in [6.07, 6.45) is 3.07. The average Bonchev–Trinajstić information content (AvgIpc) is 2.88. The molecule has 1 atom stereocenters. The van der Waals surface area contributed by atoms with Crippen LogP contribution in [0.5, 0.6) is 0 Å². The molecule has 0 aromatic heterocycles. The lowest BCUT2D eigenvalue weighted by atomic mass is 9.99. The molecule has 0 aliphatic carbocycles. The number of carboxylic acid groups (broad SMARTS) is 1. The Balaban J connectivity index is 2.05. The fourth-order valence-corrected chi connectivity index (χ4v) is 2.14. The minimum absolute atomic E-state index is 0.0198. The third-order valence-electron chi connectivity index (χ3n) is 3.11. The van der Waals surface area contributed by atoms with Gasteiger partial charge in [0.25, 0.3) is 0 Å². The van der Waals surface area contributed by atoms with Crippen LogP contribution in [0.25, 0.3) is 6.08 Å². The minimum atomic E-state index is -1.33. The highest BCUT2D eigenvalue weighted by molar-refractivity contribution is 6.32. The Kier molecular flexibility index (Phi) is 4.42. The van der Waals surface area contributed by atoms with E-state index in [1.54, 1.807) is 30.3 Å². The molecule has 20 heavy (non-hydrogen) atoms. The van der Waals surface area contributed by atoms with E-state index in [0.717, 1.165) is 0 Å². The SMILES string of the molecule is O=C(C=Cc1ccccc1Cl)NC1(C(=O)O)CCOC1. The molecule has 1 heterocycles. The Morgan fingerprint density at radius 3 is 2.75 bits per heavy atom. The maximum absolute atomic E-state index is 11.8. The molecule has 5 nitrogen and oxygen atoms in total. The number of carbonyl (C=O) groups is 2. The van der Waals surface area contributed by atoms with Crippen molar-refractivity contribution in [1.82, 2.24) is 5.32 Å². The van der Waals surface area contributed by atoms with E-state index in [-0.39, 0.29) is 13.0 Å². The van der Waals surface area contributed by atoms with Gasteiger partial charge < -0.3 is 15.2 Å². The van der Waals surface area contributed by atoms with Gasteiger partial charge in [-0.05, 0) is 17.7 Å². The summed E-state index contributed by atoms with van der Waals surface area (Å²) in [6.45, 7) is 0.300. The van der Waals surface area contributed by atoms with Crippen molar-refractivity contribution < 1.29 is 19.4 Å². The second-order valence-corrected chi connectivity index (χ2v) is 4.94. The molecular weight excluding hydrogens is 282 g/mol. The van der Waals surface area contributed by atoms with Crippen LogP contribution in [0.4, 0.5) is 0 Å². The van der Waals surface area contributed by atoms with Crippen LogP contribution < -0.4 is 5.32 Å². The first-order valence-electron chi connectivity index (χ1n) is 6.09. The molecule has 1 aromatic rings.